The first-order chi connectivity index (χ1) is 7.27. The van der Waals surface area contributed by atoms with E-state index in [4.69, 9.17) is 9.84 Å². The summed E-state index contributed by atoms with van der Waals surface area (Å²) in [6, 6.07) is 0. The van der Waals surface area contributed by atoms with Gasteiger partial charge in [-0.05, 0) is 18.8 Å². The lowest BCUT2D eigenvalue weighted by Gasteiger charge is -2.15. The Bertz CT molecular complexity index is 190. The molecular formula is C11H21NO3. The van der Waals surface area contributed by atoms with Crippen LogP contribution in [0.3, 0.4) is 0 Å². The van der Waals surface area contributed by atoms with E-state index in [0.29, 0.717) is 25.7 Å². The van der Waals surface area contributed by atoms with E-state index < -0.39 is 0 Å². The molecule has 0 aromatic rings. The number of rotatable bonds is 6. The maximum atomic E-state index is 11.6. The highest BCUT2D eigenvalue weighted by Gasteiger charge is 2.23. The van der Waals surface area contributed by atoms with Crippen molar-refractivity contribution in [2.24, 2.45) is 11.8 Å². The average molecular weight is 215 g/mol. The van der Waals surface area contributed by atoms with E-state index in [1.54, 1.807) is 0 Å². The monoisotopic (exact) mass is 215 g/mol. The van der Waals surface area contributed by atoms with Crippen molar-refractivity contribution >= 4 is 5.91 Å². The van der Waals surface area contributed by atoms with Crippen LogP contribution in [0.2, 0.25) is 0 Å². The van der Waals surface area contributed by atoms with Crippen LogP contribution in [0, 0.1) is 11.8 Å². The Kier molecular flexibility index (Phi) is 5.65. The molecule has 4 heteroatoms. The normalized spacial score (nSPS) is 22.7. The van der Waals surface area contributed by atoms with Gasteiger partial charge in [0.05, 0.1) is 12.5 Å². The predicted octanol–water partition coefficient (Wildman–Crippen LogP) is 0.548. The van der Waals surface area contributed by atoms with Crippen LogP contribution < -0.4 is 5.32 Å². The van der Waals surface area contributed by atoms with E-state index in [1.807, 2.05) is 0 Å². The Hall–Kier alpha value is -0.610. The summed E-state index contributed by atoms with van der Waals surface area (Å²) >= 11 is 0. The van der Waals surface area contributed by atoms with Crippen LogP contribution in [0.25, 0.3) is 0 Å². The molecule has 2 N–H and O–H groups in total. The van der Waals surface area contributed by atoms with Crippen LogP contribution >= 0.6 is 0 Å². The van der Waals surface area contributed by atoms with Gasteiger partial charge in [0, 0.05) is 19.8 Å². The number of carbonyl (C=O) groups is 1. The molecule has 1 rings (SSSR count). The van der Waals surface area contributed by atoms with Crippen molar-refractivity contribution in [3.05, 3.63) is 0 Å². The third kappa shape index (κ3) is 4.18. The standard InChI is InChI=1S/C11H21NO3/c1-2-9(3-5-13)7-12-11(14)10-4-6-15-8-10/h9-10,13H,2-8H2,1H3,(H,12,14). The number of aliphatic hydroxyl groups excluding tert-OH is 1. The smallest absolute Gasteiger partial charge is 0.225 e. The number of nitrogens with one attached hydrogen (secondary N) is 1. The van der Waals surface area contributed by atoms with Gasteiger partial charge in [-0.1, -0.05) is 13.3 Å². The van der Waals surface area contributed by atoms with Crippen molar-refractivity contribution in [3.8, 4) is 0 Å². The molecule has 0 aliphatic carbocycles. The average Bonchev–Trinajstić information content (AvgIpc) is 2.77. The fourth-order valence-corrected chi connectivity index (χ4v) is 1.76. The molecule has 88 valence electrons. The molecule has 1 heterocycles. The molecular weight excluding hydrogens is 194 g/mol. The minimum Gasteiger partial charge on any atom is -0.396 e. The van der Waals surface area contributed by atoms with E-state index in [9.17, 15) is 4.79 Å². The van der Waals surface area contributed by atoms with Gasteiger partial charge in [0.2, 0.25) is 5.91 Å². The Balaban J connectivity index is 2.19. The molecule has 4 nitrogen and oxygen atoms in total. The molecule has 15 heavy (non-hydrogen) atoms. The summed E-state index contributed by atoms with van der Waals surface area (Å²) in [7, 11) is 0. The van der Waals surface area contributed by atoms with Crippen molar-refractivity contribution in [1.82, 2.24) is 5.32 Å². The molecule has 1 saturated heterocycles. The van der Waals surface area contributed by atoms with Gasteiger partial charge >= 0.3 is 0 Å². The van der Waals surface area contributed by atoms with Gasteiger partial charge in [-0.15, -0.1) is 0 Å². The number of hydrogen-bond acceptors (Lipinski definition) is 3. The molecule has 1 aliphatic rings. The van der Waals surface area contributed by atoms with Crippen molar-refractivity contribution < 1.29 is 14.6 Å². The fourth-order valence-electron chi connectivity index (χ4n) is 1.76. The lowest BCUT2D eigenvalue weighted by molar-refractivity contribution is -0.125. The summed E-state index contributed by atoms with van der Waals surface area (Å²) in [4.78, 5) is 11.6. The molecule has 0 aromatic carbocycles. The zero-order valence-electron chi connectivity index (χ0n) is 9.37. The molecule has 0 spiro atoms. The van der Waals surface area contributed by atoms with Crippen LogP contribution in [0.5, 0.6) is 0 Å². The lowest BCUT2D eigenvalue weighted by Crippen LogP contribution is -2.34. The van der Waals surface area contributed by atoms with E-state index in [2.05, 4.69) is 12.2 Å². The number of ether oxygens (including phenoxy) is 1. The van der Waals surface area contributed by atoms with E-state index in [0.717, 1.165) is 19.3 Å². The number of carbonyl (C=O) groups excluding carboxylic acids is 1. The van der Waals surface area contributed by atoms with E-state index in [-0.39, 0.29) is 18.4 Å². The number of hydrogen-bond donors (Lipinski definition) is 2. The van der Waals surface area contributed by atoms with Gasteiger partial charge in [-0.25, -0.2) is 0 Å². The zero-order valence-corrected chi connectivity index (χ0v) is 9.37. The maximum Gasteiger partial charge on any atom is 0.225 e. The third-order valence-corrected chi connectivity index (χ3v) is 2.98. The van der Waals surface area contributed by atoms with Gasteiger partial charge in [-0.2, -0.15) is 0 Å². The van der Waals surface area contributed by atoms with Gasteiger partial charge in [0.15, 0.2) is 0 Å². The second-order valence-electron chi connectivity index (χ2n) is 4.09. The fraction of sp³-hybridized carbons (Fsp3) is 0.909. The Labute approximate surface area is 91.0 Å². The first kappa shape index (κ1) is 12.5. The lowest BCUT2D eigenvalue weighted by atomic mass is 10.0. The molecule has 0 bridgehead atoms. The zero-order chi connectivity index (χ0) is 11.1. The number of amides is 1. The highest BCUT2D eigenvalue weighted by molar-refractivity contribution is 5.78. The van der Waals surface area contributed by atoms with E-state index in [1.165, 1.54) is 0 Å². The number of aliphatic hydroxyl groups is 1. The summed E-state index contributed by atoms with van der Waals surface area (Å²) in [5, 5.41) is 11.7. The maximum absolute atomic E-state index is 11.6. The van der Waals surface area contributed by atoms with Crippen molar-refractivity contribution in [2.45, 2.75) is 26.2 Å². The summed E-state index contributed by atoms with van der Waals surface area (Å²) in [6.45, 7) is 4.20. The van der Waals surface area contributed by atoms with Crippen LogP contribution in [0.4, 0.5) is 0 Å². The summed E-state index contributed by atoms with van der Waals surface area (Å²) < 4.78 is 5.16. The Morgan fingerprint density at radius 3 is 3.00 bits per heavy atom. The minimum atomic E-state index is 0.0385. The SMILES string of the molecule is CCC(CCO)CNC(=O)C1CCOC1. The van der Waals surface area contributed by atoms with Gasteiger partial charge in [0.25, 0.3) is 0 Å². The Morgan fingerprint density at radius 1 is 1.67 bits per heavy atom. The van der Waals surface area contributed by atoms with Crippen molar-refractivity contribution in [1.29, 1.82) is 0 Å². The largest absolute Gasteiger partial charge is 0.396 e. The second kappa shape index (κ2) is 6.80. The first-order valence-electron chi connectivity index (χ1n) is 5.74. The molecule has 1 amide bonds. The molecule has 0 saturated carbocycles. The van der Waals surface area contributed by atoms with Crippen molar-refractivity contribution in [2.75, 3.05) is 26.4 Å². The van der Waals surface area contributed by atoms with Gasteiger partial charge < -0.3 is 15.2 Å². The van der Waals surface area contributed by atoms with Gasteiger partial charge in [-0.3, -0.25) is 4.79 Å². The highest BCUT2D eigenvalue weighted by atomic mass is 16.5. The minimum absolute atomic E-state index is 0.0385. The quantitative estimate of drug-likeness (QED) is 0.680. The van der Waals surface area contributed by atoms with Crippen LogP contribution in [-0.4, -0.2) is 37.4 Å². The van der Waals surface area contributed by atoms with Crippen LogP contribution in [0.1, 0.15) is 26.2 Å². The second-order valence-corrected chi connectivity index (χ2v) is 4.09. The molecule has 0 radical (unpaired) electrons. The van der Waals surface area contributed by atoms with Crippen LogP contribution in [0.15, 0.2) is 0 Å². The summed E-state index contributed by atoms with van der Waals surface area (Å²) in [5.41, 5.74) is 0. The molecule has 1 aliphatic heterocycles. The molecule has 2 unspecified atom stereocenters. The van der Waals surface area contributed by atoms with Crippen LogP contribution in [-0.2, 0) is 9.53 Å². The molecule has 2 atom stereocenters. The Morgan fingerprint density at radius 2 is 2.47 bits per heavy atom. The third-order valence-electron chi connectivity index (χ3n) is 2.98. The van der Waals surface area contributed by atoms with E-state index >= 15 is 0 Å². The summed E-state index contributed by atoms with van der Waals surface area (Å²) in [6.07, 6.45) is 2.59. The summed E-state index contributed by atoms with van der Waals surface area (Å²) in [5.74, 6) is 0.529. The van der Waals surface area contributed by atoms with Gasteiger partial charge in [0.1, 0.15) is 0 Å². The predicted molar refractivity (Wildman–Crippen MR) is 57.4 cm³/mol. The highest BCUT2D eigenvalue weighted by Crippen LogP contribution is 2.13. The molecule has 1 fully saturated rings. The first-order valence-corrected chi connectivity index (χ1v) is 5.74. The molecule has 0 aromatic heterocycles. The topological polar surface area (TPSA) is 58.6 Å². The van der Waals surface area contributed by atoms with Crippen molar-refractivity contribution in [3.63, 3.8) is 0 Å².